The number of nitrogens with zero attached hydrogens (tertiary/aromatic N) is 1. The predicted molar refractivity (Wildman–Crippen MR) is 65.7 cm³/mol. The first-order valence-corrected chi connectivity index (χ1v) is 6.85. The Kier molecular flexibility index (Phi) is 2.45. The fourth-order valence-corrected chi connectivity index (χ4v) is 3.66. The van der Waals surface area contributed by atoms with Crippen molar-refractivity contribution < 1.29 is 0 Å². The monoisotopic (exact) mass is 222 g/mol. The molecule has 1 spiro atoms. The minimum absolute atomic E-state index is 0.445. The summed E-state index contributed by atoms with van der Waals surface area (Å²) < 4.78 is 0. The maximum atomic E-state index is 3.75. The van der Waals surface area contributed by atoms with Crippen LogP contribution >= 0.6 is 11.3 Å². The molecule has 3 rings (SSSR count). The molecular weight excluding hydrogens is 204 g/mol. The molecule has 0 amide bonds. The zero-order chi connectivity index (χ0) is 10.1. The molecule has 1 saturated heterocycles. The number of thiophene rings is 1. The van der Waals surface area contributed by atoms with Gasteiger partial charge in [-0.05, 0) is 24.3 Å². The van der Waals surface area contributed by atoms with Gasteiger partial charge in [0.05, 0.1) is 0 Å². The summed E-state index contributed by atoms with van der Waals surface area (Å²) >= 11 is 1.80. The third-order valence-corrected chi connectivity index (χ3v) is 4.48. The van der Waals surface area contributed by atoms with Crippen molar-refractivity contribution in [3.05, 3.63) is 16.8 Å². The maximum Gasteiger partial charge on any atom is 0.0475 e. The van der Waals surface area contributed by atoms with Crippen LogP contribution in [0.15, 0.2) is 16.8 Å². The van der Waals surface area contributed by atoms with Gasteiger partial charge < -0.3 is 10.2 Å². The van der Waals surface area contributed by atoms with E-state index in [4.69, 9.17) is 0 Å². The van der Waals surface area contributed by atoms with E-state index in [0.717, 1.165) is 6.54 Å². The first kappa shape index (κ1) is 9.67. The van der Waals surface area contributed by atoms with Crippen molar-refractivity contribution in [1.29, 1.82) is 0 Å². The fourth-order valence-electron chi connectivity index (χ4n) is 3.00. The first-order valence-electron chi connectivity index (χ1n) is 5.90. The molecule has 0 aromatic carbocycles. The van der Waals surface area contributed by atoms with Gasteiger partial charge in [-0.3, -0.25) is 0 Å². The van der Waals surface area contributed by atoms with Gasteiger partial charge in [0.15, 0.2) is 0 Å². The molecule has 2 fully saturated rings. The van der Waals surface area contributed by atoms with E-state index in [-0.39, 0.29) is 0 Å². The van der Waals surface area contributed by atoms with Crippen LogP contribution in [-0.4, -0.2) is 25.2 Å². The number of nitrogens with one attached hydrogen (secondary N) is 1. The smallest absolute Gasteiger partial charge is 0.0475 e. The van der Waals surface area contributed by atoms with Crippen molar-refractivity contribution in [3.63, 3.8) is 0 Å². The predicted octanol–water partition coefficient (Wildman–Crippen LogP) is 2.47. The molecule has 1 aromatic heterocycles. The SMILES string of the molecule is c1cc(N2CCNC3(CCCC3)C2)cs1. The van der Waals surface area contributed by atoms with Crippen molar-refractivity contribution in [2.24, 2.45) is 0 Å². The van der Waals surface area contributed by atoms with Gasteiger partial charge in [0.1, 0.15) is 0 Å². The van der Waals surface area contributed by atoms with Crippen LogP contribution in [0.4, 0.5) is 5.69 Å². The minimum atomic E-state index is 0.445. The van der Waals surface area contributed by atoms with Gasteiger partial charge >= 0.3 is 0 Å². The highest BCUT2D eigenvalue weighted by molar-refractivity contribution is 7.08. The van der Waals surface area contributed by atoms with Crippen LogP contribution in [0, 0.1) is 0 Å². The lowest BCUT2D eigenvalue weighted by molar-refractivity contribution is 0.304. The molecule has 2 nitrogen and oxygen atoms in total. The molecule has 0 radical (unpaired) electrons. The van der Waals surface area contributed by atoms with Gasteiger partial charge in [-0.15, -0.1) is 0 Å². The minimum Gasteiger partial charge on any atom is -0.368 e. The molecule has 0 atom stereocenters. The molecular formula is C12H18N2S. The van der Waals surface area contributed by atoms with E-state index in [9.17, 15) is 0 Å². The van der Waals surface area contributed by atoms with Crippen molar-refractivity contribution in [2.45, 2.75) is 31.2 Å². The fraction of sp³-hybridized carbons (Fsp3) is 0.667. The van der Waals surface area contributed by atoms with Crippen molar-refractivity contribution >= 4 is 17.0 Å². The van der Waals surface area contributed by atoms with E-state index >= 15 is 0 Å². The lowest BCUT2D eigenvalue weighted by atomic mass is 9.94. The summed E-state index contributed by atoms with van der Waals surface area (Å²) in [5, 5.41) is 8.20. The first-order chi connectivity index (χ1) is 7.38. The Morgan fingerprint density at radius 2 is 2.20 bits per heavy atom. The number of rotatable bonds is 1. The van der Waals surface area contributed by atoms with Crippen LogP contribution in [0.5, 0.6) is 0 Å². The van der Waals surface area contributed by atoms with E-state index in [1.54, 1.807) is 11.3 Å². The zero-order valence-corrected chi connectivity index (χ0v) is 9.85. The van der Waals surface area contributed by atoms with Crippen molar-refractivity contribution in [2.75, 3.05) is 24.5 Å². The molecule has 1 aliphatic carbocycles. The summed E-state index contributed by atoms with van der Waals surface area (Å²) in [6, 6.07) is 2.25. The van der Waals surface area contributed by atoms with Crippen LogP contribution in [-0.2, 0) is 0 Å². The van der Waals surface area contributed by atoms with Gasteiger partial charge in [0.2, 0.25) is 0 Å². The zero-order valence-electron chi connectivity index (χ0n) is 9.04. The number of hydrogen-bond acceptors (Lipinski definition) is 3. The molecule has 1 aliphatic heterocycles. The lowest BCUT2D eigenvalue weighted by Gasteiger charge is -2.42. The van der Waals surface area contributed by atoms with Crippen LogP contribution < -0.4 is 10.2 Å². The Balaban J connectivity index is 1.76. The van der Waals surface area contributed by atoms with Gasteiger partial charge in [-0.25, -0.2) is 0 Å². The molecule has 15 heavy (non-hydrogen) atoms. The third kappa shape index (κ3) is 1.79. The van der Waals surface area contributed by atoms with Gasteiger partial charge in [0, 0.05) is 36.2 Å². The molecule has 1 aromatic rings. The number of hydrogen-bond donors (Lipinski definition) is 1. The Labute approximate surface area is 95.3 Å². The molecule has 0 unspecified atom stereocenters. The second-order valence-electron chi connectivity index (χ2n) is 4.82. The average Bonchev–Trinajstić information content (AvgIpc) is 2.89. The van der Waals surface area contributed by atoms with Gasteiger partial charge in [0.25, 0.3) is 0 Å². The van der Waals surface area contributed by atoms with Crippen molar-refractivity contribution in [3.8, 4) is 0 Å². The Hall–Kier alpha value is -0.540. The van der Waals surface area contributed by atoms with Crippen LogP contribution in [0.2, 0.25) is 0 Å². The number of piperazine rings is 1. The quantitative estimate of drug-likeness (QED) is 0.785. The second kappa shape index (κ2) is 3.80. The van der Waals surface area contributed by atoms with E-state index in [0.29, 0.717) is 5.54 Å². The second-order valence-corrected chi connectivity index (χ2v) is 5.60. The largest absolute Gasteiger partial charge is 0.368 e. The van der Waals surface area contributed by atoms with Crippen LogP contribution in [0.1, 0.15) is 25.7 Å². The van der Waals surface area contributed by atoms with Crippen LogP contribution in [0.3, 0.4) is 0 Å². The highest BCUT2D eigenvalue weighted by atomic mass is 32.1. The van der Waals surface area contributed by atoms with Gasteiger partial charge in [-0.1, -0.05) is 12.8 Å². The molecule has 0 bridgehead atoms. The van der Waals surface area contributed by atoms with E-state index in [1.807, 2.05) is 0 Å². The highest BCUT2D eigenvalue weighted by Gasteiger charge is 2.37. The Morgan fingerprint density at radius 1 is 1.33 bits per heavy atom. The summed E-state index contributed by atoms with van der Waals surface area (Å²) in [6.07, 6.45) is 5.55. The van der Waals surface area contributed by atoms with Gasteiger partial charge in [-0.2, -0.15) is 11.3 Å². The molecule has 1 N–H and O–H groups in total. The Morgan fingerprint density at radius 3 is 2.93 bits per heavy atom. The maximum absolute atomic E-state index is 3.75. The summed E-state index contributed by atoms with van der Waals surface area (Å²) in [5.41, 5.74) is 1.87. The number of anilines is 1. The normalized spacial score (nSPS) is 24.9. The van der Waals surface area contributed by atoms with Crippen LogP contribution in [0.25, 0.3) is 0 Å². The lowest BCUT2D eigenvalue weighted by Crippen LogP contribution is -2.59. The van der Waals surface area contributed by atoms with Crippen molar-refractivity contribution in [1.82, 2.24) is 5.32 Å². The molecule has 3 heteroatoms. The topological polar surface area (TPSA) is 15.3 Å². The molecule has 1 saturated carbocycles. The van der Waals surface area contributed by atoms with E-state index < -0.39 is 0 Å². The average molecular weight is 222 g/mol. The van der Waals surface area contributed by atoms with E-state index in [2.05, 4.69) is 27.0 Å². The third-order valence-electron chi connectivity index (χ3n) is 3.81. The summed E-state index contributed by atoms with van der Waals surface area (Å²) in [5.74, 6) is 0. The standard InChI is InChI=1S/C12H18N2S/c1-2-5-12(4-1)10-14(7-6-13-12)11-3-8-15-9-11/h3,8-9,13H,1-2,4-7,10H2. The summed E-state index contributed by atoms with van der Waals surface area (Å²) in [4.78, 5) is 2.55. The molecule has 2 heterocycles. The van der Waals surface area contributed by atoms with E-state index in [1.165, 1.54) is 44.5 Å². The highest BCUT2D eigenvalue weighted by Crippen LogP contribution is 2.33. The Bertz CT molecular complexity index is 314. The molecule has 2 aliphatic rings. The summed E-state index contributed by atoms with van der Waals surface area (Å²) in [7, 11) is 0. The summed E-state index contributed by atoms with van der Waals surface area (Å²) in [6.45, 7) is 3.53. The molecule has 82 valence electrons.